The van der Waals surface area contributed by atoms with Gasteiger partial charge in [0, 0.05) is 24.2 Å². The third kappa shape index (κ3) is 4.18. The van der Waals surface area contributed by atoms with Gasteiger partial charge in [0.1, 0.15) is 9.90 Å². The first-order chi connectivity index (χ1) is 13.9. The van der Waals surface area contributed by atoms with Gasteiger partial charge in [0.25, 0.3) is 5.91 Å². The van der Waals surface area contributed by atoms with Gasteiger partial charge in [-0.15, -0.1) is 10.2 Å². The van der Waals surface area contributed by atoms with Crippen LogP contribution >= 0.6 is 22.9 Å². The van der Waals surface area contributed by atoms with Crippen LogP contribution in [0.2, 0.25) is 5.02 Å². The minimum Gasteiger partial charge on any atom is -0.296 e. The predicted octanol–water partition coefficient (Wildman–Crippen LogP) is 3.90. The maximum absolute atomic E-state index is 12.8. The molecule has 0 spiro atoms. The van der Waals surface area contributed by atoms with E-state index in [9.17, 15) is 13.2 Å². The molecule has 29 heavy (non-hydrogen) atoms. The molecule has 1 saturated heterocycles. The molecular weight excluding hydrogens is 432 g/mol. The van der Waals surface area contributed by atoms with Crippen molar-refractivity contribution in [2.45, 2.75) is 17.7 Å². The second-order valence-electron chi connectivity index (χ2n) is 6.49. The zero-order valence-electron chi connectivity index (χ0n) is 15.2. The van der Waals surface area contributed by atoms with Crippen LogP contribution in [0.15, 0.2) is 53.4 Å². The molecule has 3 aromatic rings. The molecule has 0 unspecified atom stereocenters. The summed E-state index contributed by atoms with van der Waals surface area (Å²) >= 11 is 7.37. The minimum atomic E-state index is -3.73. The number of halogens is 1. The van der Waals surface area contributed by atoms with Gasteiger partial charge in [-0.25, -0.2) is 8.42 Å². The molecule has 2 aromatic carbocycles. The van der Waals surface area contributed by atoms with Crippen molar-refractivity contribution >= 4 is 44.0 Å². The van der Waals surface area contributed by atoms with E-state index in [1.165, 1.54) is 33.8 Å². The molecule has 0 atom stereocenters. The van der Waals surface area contributed by atoms with Crippen molar-refractivity contribution in [3.05, 3.63) is 59.1 Å². The fraction of sp³-hybridized carbons (Fsp3) is 0.211. The SMILES string of the molecule is O=C(Nc1nnc(-c2ccccc2)s1)c1ccc(Cl)c(S(=O)(=O)N2CCCC2)c1. The van der Waals surface area contributed by atoms with Crippen LogP contribution in [-0.2, 0) is 10.0 Å². The van der Waals surface area contributed by atoms with E-state index in [2.05, 4.69) is 15.5 Å². The summed E-state index contributed by atoms with van der Waals surface area (Å²) < 4.78 is 27.1. The lowest BCUT2D eigenvalue weighted by Gasteiger charge is -2.17. The van der Waals surface area contributed by atoms with E-state index in [4.69, 9.17) is 11.6 Å². The average Bonchev–Trinajstić information content (AvgIpc) is 3.41. The lowest BCUT2D eigenvalue weighted by Crippen LogP contribution is -2.28. The number of aromatic nitrogens is 2. The molecule has 1 N–H and O–H groups in total. The lowest BCUT2D eigenvalue weighted by atomic mass is 10.2. The van der Waals surface area contributed by atoms with Crippen molar-refractivity contribution in [3.63, 3.8) is 0 Å². The summed E-state index contributed by atoms with van der Waals surface area (Å²) in [6.45, 7) is 0.921. The first kappa shape index (κ1) is 20.0. The van der Waals surface area contributed by atoms with Crippen LogP contribution in [0.5, 0.6) is 0 Å². The molecule has 10 heteroatoms. The number of carbonyl (C=O) groups excluding carboxylic acids is 1. The molecule has 0 saturated carbocycles. The molecule has 0 aliphatic carbocycles. The van der Waals surface area contributed by atoms with E-state index in [1.54, 1.807) is 0 Å². The Kier molecular flexibility index (Phi) is 5.64. The van der Waals surface area contributed by atoms with Crippen molar-refractivity contribution in [1.29, 1.82) is 0 Å². The molecule has 1 amide bonds. The first-order valence-electron chi connectivity index (χ1n) is 8.95. The van der Waals surface area contributed by atoms with Gasteiger partial charge in [-0.05, 0) is 31.0 Å². The number of hydrogen-bond donors (Lipinski definition) is 1. The van der Waals surface area contributed by atoms with Crippen molar-refractivity contribution in [3.8, 4) is 10.6 Å². The van der Waals surface area contributed by atoms with Crippen LogP contribution in [0.1, 0.15) is 23.2 Å². The molecule has 1 fully saturated rings. The molecule has 1 aliphatic heterocycles. The van der Waals surface area contributed by atoms with Gasteiger partial charge in [-0.2, -0.15) is 4.31 Å². The highest BCUT2D eigenvalue weighted by Crippen LogP contribution is 2.29. The fourth-order valence-corrected chi connectivity index (χ4v) is 5.81. The summed E-state index contributed by atoms with van der Waals surface area (Å²) in [6, 6.07) is 13.7. The summed E-state index contributed by atoms with van der Waals surface area (Å²) in [4.78, 5) is 12.6. The molecule has 4 rings (SSSR count). The highest BCUT2D eigenvalue weighted by Gasteiger charge is 2.29. The third-order valence-corrected chi connectivity index (χ3v) is 7.81. The third-order valence-electron chi connectivity index (χ3n) is 4.54. The van der Waals surface area contributed by atoms with Crippen LogP contribution in [0.4, 0.5) is 5.13 Å². The van der Waals surface area contributed by atoms with Gasteiger partial charge in [0.2, 0.25) is 15.2 Å². The normalized spacial score (nSPS) is 14.8. The van der Waals surface area contributed by atoms with E-state index in [1.807, 2.05) is 30.3 Å². The monoisotopic (exact) mass is 448 g/mol. The number of nitrogens with one attached hydrogen (secondary N) is 1. The van der Waals surface area contributed by atoms with Crippen molar-refractivity contribution in [2.24, 2.45) is 0 Å². The topological polar surface area (TPSA) is 92.3 Å². The Morgan fingerprint density at radius 3 is 2.52 bits per heavy atom. The van der Waals surface area contributed by atoms with E-state index in [-0.39, 0.29) is 15.5 Å². The molecule has 1 aliphatic rings. The van der Waals surface area contributed by atoms with Crippen LogP contribution in [0.25, 0.3) is 10.6 Å². The Hall–Kier alpha value is -2.33. The van der Waals surface area contributed by atoms with E-state index in [0.717, 1.165) is 18.4 Å². The Labute approximate surface area is 177 Å². The molecule has 1 aromatic heterocycles. The first-order valence-corrected chi connectivity index (χ1v) is 11.6. The minimum absolute atomic E-state index is 0.0593. The van der Waals surface area contributed by atoms with Crippen molar-refractivity contribution in [2.75, 3.05) is 18.4 Å². The summed E-state index contributed by atoms with van der Waals surface area (Å²) in [5.41, 5.74) is 1.08. The maximum Gasteiger partial charge on any atom is 0.257 e. The zero-order valence-corrected chi connectivity index (χ0v) is 17.6. The van der Waals surface area contributed by atoms with Gasteiger partial charge in [-0.3, -0.25) is 10.1 Å². The summed E-state index contributed by atoms with van der Waals surface area (Å²) in [7, 11) is -3.73. The van der Waals surface area contributed by atoms with E-state index in [0.29, 0.717) is 23.2 Å². The van der Waals surface area contributed by atoms with Gasteiger partial charge >= 0.3 is 0 Å². The number of amides is 1. The van der Waals surface area contributed by atoms with E-state index < -0.39 is 15.9 Å². The molecule has 150 valence electrons. The van der Waals surface area contributed by atoms with Gasteiger partial charge < -0.3 is 0 Å². The van der Waals surface area contributed by atoms with Gasteiger partial charge in [-0.1, -0.05) is 53.3 Å². The van der Waals surface area contributed by atoms with E-state index >= 15 is 0 Å². The van der Waals surface area contributed by atoms with Crippen LogP contribution in [0, 0.1) is 0 Å². The maximum atomic E-state index is 12.8. The molecule has 2 heterocycles. The van der Waals surface area contributed by atoms with Crippen molar-refractivity contribution < 1.29 is 13.2 Å². The smallest absolute Gasteiger partial charge is 0.257 e. The number of sulfonamides is 1. The van der Waals surface area contributed by atoms with Gasteiger partial charge in [0.05, 0.1) is 5.02 Å². The molecule has 7 nitrogen and oxygen atoms in total. The van der Waals surface area contributed by atoms with Crippen LogP contribution in [-0.4, -0.2) is 41.9 Å². The highest BCUT2D eigenvalue weighted by atomic mass is 35.5. The fourth-order valence-electron chi connectivity index (χ4n) is 3.05. The second-order valence-corrected chi connectivity index (χ2v) is 9.78. The Balaban J connectivity index is 1.56. The summed E-state index contributed by atoms with van der Waals surface area (Å²) in [6.07, 6.45) is 1.63. The quantitative estimate of drug-likeness (QED) is 0.639. The second kappa shape index (κ2) is 8.19. The molecule has 0 bridgehead atoms. The summed E-state index contributed by atoms with van der Waals surface area (Å²) in [5.74, 6) is -0.477. The lowest BCUT2D eigenvalue weighted by molar-refractivity contribution is 0.102. The number of rotatable bonds is 5. The number of carbonyl (C=O) groups is 1. The van der Waals surface area contributed by atoms with Gasteiger partial charge in [0.15, 0.2) is 0 Å². The number of nitrogens with zero attached hydrogens (tertiary/aromatic N) is 3. The average molecular weight is 449 g/mol. The largest absolute Gasteiger partial charge is 0.296 e. The molecule has 0 radical (unpaired) electrons. The summed E-state index contributed by atoms with van der Waals surface area (Å²) in [5, 5.41) is 11.8. The standard InChI is InChI=1S/C19H17ClN4O3S2/c20-15-9-8-14(12-16(15)29(26,27)24-10-4-5-11-24)17(25)21-19-23-22-18(28-19)13-6-2-1-3-7-13/h1-3,6-9,12H,4-5,10-11H2,(H,21,23,25). The van der Waals surface area contributed by atoms with Crippen molar-refractivity contribution in [1.82, 2.24) is 14.5 Å². The molecular formula is C19H17ClN4O3S2. The van der Waals surface area contributed by atoms with Crippen LogP contribution in [0.3, 0.4) is 0 Å². The Morgan fingerprint density at radius 2 is 1.79 bits per heavy atom. The number of hydrogen-bond acceptors (Lipinski definition) is 6. The zero-order chi connectivity index (χ0) is 20.4. The van der Waals surface area contributed by atoms with Crippen LogP contribution < -0.4 is 5.32 Å². The Bertz CT molecular complexity index is 1140. The number of anilines is 1. The number of benzene rings is 2. The Morgan fingerprint density at radius 1 is 1.07 bits per heavy atom. The highest BCUT2D eigenvalue weighted by molar-refractivity contribution is 7.89. The predicted molar refractivity (Wildman–Crippen MR) is 113 cm³/mol.